The van der Waals surface area contributed by atoms with Crippen molar-refractivity contribution in [1.29, 1.82) is 0 Å². The molecule has 19 heavy (non-hydrogen) atoms. The van der Waals surface area contributed by atoms with Crippen LogP contribution in [0, 0.1) is 0 Å². The molecule has 106 valence electrons. The van der Waals surface area contributed by atoms with E-state index in [0.29, 0.717) is 0 Å². The van der Waals surface area contributed by atoms with E-state index in [-0.39, 0.29) is 11.6 Å². The van der Waals surface area contributed by atoms with Gasteiger partial charge in [-0.2, -0.15) is 0 Å². The van der Waals surface area contributed by atoms with Crippen LogP contribution < -0.4 is 11.3 Å². The van der Waals surface area contributed by atoms with E-state index in [1.807, 2.05) is 17.6 Å². The van der Waals surface area contributed by atoms with Crippen molar-refractivity contribution in [1.82, 2.24) is 9.47 Å². The molecule has 0 amide bonds. The van der Waals surface area contributed by atoms with Crippen molar-refractivity contribution in [3.05, 3.63) is 33.2 Å². The van der Waals surface area contributed by atoms with Gasteiger partial charge in [-0.1, -0.05) is 13.8 Å². The number of nitrogens with two attached hydrogens (primary N) is 1. The lowest BCUT2D eigenvalue weighted by molar-refractivity contribution is 0.261. The van der Waals surface area contributed by atoms with Crippen molar-refractivity contribution >= 4 is 0 Å². The van der Waals surface area contributed by atoms with E-state index in [2.05, 4.69) is 18.7 Å². The largest absolute Gasteiger partial charge is 0.324 e. The molecule has 2 heterocycles. The molecule has 0 radical (unpaired) electrons. The molecule has 1 aliphatic heterocycles. The molecule has 0 saturated carbocycles. The second-order valence-corrected chi connectivity index (χ2v) is 5.44. The Morgan fingerprint density at radius 2 is 2.16 bits per heavy atom. The molecular weight excluding hydrogens is 238 g/mol. The Labute approximate surface area is 115 Å². The van der Waals surface area contributed by atoms with E-state index in [1.54, 1.807) is 0 Å². The molecule has 4 nitrogen and oxygen atoms in total. The smallest absolute Gasteiger partial charge is 0.255 e. The van der Waals surface area contributed by atoms with Crippen LogP contribution in [0.5, 0.6) is 0 Å². The van der Waals surface area contributed by atoms with Crippen molar-refractivity contribution < 1.29 is 0 Å². The third kappa shape index (κ3) is 2.74. The maximum Gasteiger partial charge on any atom is 0.255 e. The third-order valence-corrected chi connectivity index (χ3v) is 3.96. The summed E-state index contributed by atoms with van der Waals surface area (Å²) in [6.07, 6.45) is 1.95. The molecule has 0 aromatic carbocycles. The number of likely N-dealkylation sites (N-methyl/N-ethyl adjacent to an activating group) is 1. The Hall–Kier alpha value is -1.13. The van der Waals surface area contributed by atoms with Crippen molar-refractivity contribution in [3.63, 3.8) is 0 Å². The second kappa shape index (κ2) is 5.88. The first-order chi connectivity index (χ1) is 9.08. The highest BCUT2D eigenvalue weighted by Gasteiger charge is 2.21. The monoisotopic (exact) mass is 263 g/mol. The number of pyridine rings is 1. The average molecular weight is 263 g/mol. The Bertz CT molecular complexity index is 505. The Morgan fingerprint density at radius 1 is 1.42 bits per heavy atom. The second-order valence-electron chi connectivity index (χ2n) is 5.44. The van der Waals surface area contributed by atoms with Gasteiger partial charge in [-0.3, -0.25) is 9.69 Å². The quantitative estimate of drug-likeness (QED) is 0.899. The molecule has 1 aliphatic rings. The van der Waals surface area contributed by atoms with Crippen LogP contribution in [0.3, 0.4) is 0 Å². The molecule has 0 aliphatic carbocycles. The summed E-state index contributed by atoms with van der Waals surface area (Å²) in [5.41, 5.74) is 9.33. The predicted octanol–water partition coefficient (Wildman–Crippen LogP) is 1.66. The SMILES string of the molecule is CCCn1c2c(cc(C(C)N)c1=O)CN(CC)CC2. The maximum atomic E-state index is 12.5. The fourth-order valence-corrected chi connectivity index (χ4v) is 2.86. The van der Waals surface area contributed by atoms with E-state index < -0.39 is 0 Å². The van der Waals surface area contributed by atoms with Crippen LogP contribution in [0.1, 0.15) is 50.1 Å². The fourth-order valence-electron chi connectivity index (χ4n) is 2.86. The van der Waals surface area contributed by atoms with Gasteiger partial charge in [0.2, 0.25) is 0 Å². The van der Waals surface area contributed by atoms with Gasteiger partial charge >= 0.3 is 0 Å². The van der Waals surface area contributed by atoms with Gasteiger partial charge in [0.05, 0.1) is 0 Å². The lowest BCUT2D eigenvalue weighted by Gasteiger charge is -2.30. The number of hydrogen-bond acceptors (Lipinski definition) is 3. The summed E-state index contributed by atoms with van der Waals surface area (Å²) in [6.45, 7) is 10.0. The normalized spacial score (nSPS) is 17.3. The van der Waals surface area contributed by atoms with Gasteiger partial charge in [0.25, 0.3) is 5.56 Å². The zero-order valence-electron chi connectivity index (χ0n) is 12.3. The van der Waals surface area contributed by atoms with Gasteiger partial charge in [-0.15, -0.1) is 0 Å². The molecule has 0 spiro atoms. The Kier molecular flexibility index (Phi) is 4.42. The molecule has 1 atom stereocenters. The zero-order valence-corrected chi connectivity index (χ0v) is 12.3. The summed E-state index contributed by atoms with van der Waals surface area (Å²) in [4.78, 5) is 14.9. The summed E-state index contributed by atoms with van der Waals surface area (Å²) in [7, 11) is 0. The topological polar surface area (TPSA) is 51.3 Å². The number of fused-ring (bicyclic) bond motifs is 1. The fraction of sp³-hybridized carbons (Fsp3) is 0.667. The minimum atomic E-state index is -0.196. The third-order valence-electron chi connectivity index (χ3n) is 3.96. The molecule has 0 bridgehead atoms. The van der Waals surface area contributed by atoms with Gasteiger partial charge in [-0.25, -0.2) is 0 Å². The minimum Gasteiger partial charge on any atom is -0.324 e. The van der Waals surface area contributed by atoms with E-state index in [9.17, 15) is 4.79 Å². The molecule has 0 fully saturated rings. The molecule has 1 aromatic heterocycles. The van der Waals surface area contributed by atoms with Gasteiger partial charge in [0.1, 0.15) is 0 Å². The molecular formula is C15H25N3O. The lowest BCUT2D eigenvalue weighted by Crippen LogP contribution is -2.37. The highest BCUT2D eigenvalue weighted by molar-refractivity contribution is 5.30. The molecule has 4 heteroatoms. The highest BCUT2D eigenvalue weighted by Crippen LogP contribution is 2.20. The minimum absolute atomic E-state index is 0.112. The van der Waals surface area contributed by atoms with E-state index >= 15 is 0 Å². The van der Waals surface area contributed by atoms with Gasteiger partial charge in [0, 0.05) is 43.4 Å². The summed E-state index contributed by atoms with van der Waals surface area (Å²) in [5, 5.41) is 0. The number of aromatic nitrogens is 1. The van der Waals surface area contributed by atoms with Crippen LogP contribution in [0.25, 0.3) is 0 Å². The maximum absolute atomic E-state index is 12.5. The first-order valence-electron chi connectivity index (χ1n) is 7.31. The van der Waals surface area contributed by atoms with Crippen LogP contribution in [-0.4, -0.2) is 22.6 Å². The van der Waals surface area contributed by atoms with Crippen LogP contribution in [-0.2, 0) is 19.5 Å². The first kappa shape index (κ1) is 14.3. The van der Waals surface area contributed by atoms with Gasteiger partial charge in [0.15, 0.2) is 0 Å². The molecule has 1 unspecified atom stereocenters. The van der Waals surface area contributed by atoms with Crippen LogP contribution >= 0.6 is 0 Å². The van der Waals surface area contributed by atoms with E-state index in [0.717, 1.165) is 44.6 Å². The van der Waals surface area contributed by atoms with Crippen molar-refractivity contribution in [2.24, 2.45) is 5.73 Å². The van der Waals surface area contributed by atoms with Crippen molar-refractivity contribution in [2.45, 2.75) is 52.7 Å². The van der Waals surface area contributed by atoms with Crippen LogP contribution in [0.15, 0.2) is 10.9 Å². The molecule has 0 saturated heterocycles. The summed E-state index contributed by atoms with van der Waals surface area (Å²) in [5.74, 6) is 0. The summed E-state index contributed by atoms with van der Waals surface area (Å²) >= 11 is 0. The van der Waals surface area contributed by atoms with Crippen molar-refractivity contribution in [2.75, 3.05) is 13.1 Å². The number of nitrogens with zero attached hydrogens (tertiary/aromatic N) is 2. The highest BCUT2D eigenvalue weighted by atomic mass is 16.1. The predicted molar refractivity (Wildman–Crippen MR) is 78.3 cm³/mol. The lowest BCUT2D eigenvalue weighted by atomic mass is 10.00. The van der Waals surface area contributed by atoms with Crippen LogP contribution in [0.4, 0.5) is 0 Å². The average Bonchev–Trinajstić information content (AvgIpc) is 2.40. The Morgan fingerprint density at radius 3 is 2.74 bits per heavy atom. The first-order valence-corrected chi connectivity index (χ1v) is 7.31. The van der Waals surface area contributed by atoms with E-state index in [1.165, 1.54) is 11.3 Å². The molecule has 2 rings (SSSR count). The van der Waals surface area contributed by atoms with Crippen molar-refractivity contribution in [3.8, 4) is 0 Å². The molecule has 2 N–H and O–H groups in total. The van der Waals surface area contributed by atoms with Gasteiger partial charge in [-0.05, 0) is 31.5 Å². The van der Waals surface area contributed by atoms with Crippen LogP contribution in [0.2, 0.25) is 0 Å². The standard InChI is InChI=1S/C15H25N3O/c1-4-7-18-14-6-8-17(5-2)10-12(14)9-13(11(3)16)15(18)19/h9,11H,4-8,10,16H2,1-3H3. The Balaban J connectivity index is 2.53. The zero-order chi connectivity index (χ0) is 14.0. The molecule has 1 aromatic rings. The number of rotatable bonds is 4. The number of hydrogen-bond donors (Lipinski definition) is 1. The summed E-state index contributed by atoms with van der Waals surface area (Å²) < 4.78 is 1.96. The summed E-state index contributed by atoms with van der Waals surface area (Å²) in [6, 6.07) is 1.84. The van der Waals surface area contributed by atoms with Gasteiger partial charge < -0.3 is 10.3 Å². The van der Waals surface area contributed by atoms with E-state index in [4.69, 9.17) is 5.73 Å².